The second-order valence-electron chi connectivity index (χ2n) is 4.67. The number of amides is 1. The molecule has 1 aliphatic rings. The maximum Gasteiger partial charge on any atom is 0.233 e. The highest BCUT2D eigenvalue weighted by atomic mass is 16.3. The average Bonchev–Trinajstić information content (AvgIpc) is 2.65. The summed E-state index contributed by atoms with van der Waals surface area (Å²) in [7, 11) is 0. The fourth-order valence-corrected chi connectivity index (χ4v) is 2.09. The van der Waals surface area contributed by atoms with E-state index in [1.807, 2.05) is 0 Å². The van der Waals surface area contributed by atoms with Gasteiger partial charge in [-0.3, -0.25) is 4.79 Å². The SMILES string of the molecule is CCCCNC(=O)CNCC1CCC(O)C1. The molecule has 0 saturated heterocycles. The quantitative estimate of drug-likeness (QED) is 0.561. The number of carbonyl (C=O) groups is 1. The first-order chi connectivity index (χ1) is 7.72. The maximum atomic E-state index is 11.3. The molecule has 1 rings (SSSR count). The van der Waals surface area contributed by atoms with Crippen molar-refractivity contribution >= 4 is 5.91 Å². The van der Waals surface area contributed by atoms with Gasteiger partial charge in [-0.05, 0) is 38.1 Å². The summed E-state index contributed by atoms with van der Waals surface area (Å²) in [6.07, 6.45) is 4.89. The Bertz CT molecular complexity index is 209. The summed E-state index contributed by atoms with van der Waals surface area (Å²) in [4.78, 5) is 11.3. The van der Waals surface area contributed by atoms with Crippen molar-refractivity contribution in [2.45, 2.75) is 45.1 Å². The van der Waals surface area contributed by atoms with Crippen LogP contribution in [0.3, 0.4) is 0 Å². The molecule has 2 atom stereocenters. The molecule has 16 heavy (non-hydrogen) atoms. The van der Waals surface area contributed by atoms with Crippen LogP contribution in [0.5, 0.6) is 0 Å². The molecule has 1 amide bonds. The van der Waals surface area contributed by atoms with Gasteiger partial charge >= 0.3 is 0 Å². The van der Waals surface area contributed by atoms with Crippen molar-refractivity contribution in [3.05, 3.63) is 0 Å². The summed E-state index contributed by atoms with van der Waals surface area (Å²) >= 11 is 0. The summed E-state index contributed by atoms with van der Waals surface area (Å²) in [6, 6.07) is 0. The van der Waals surface area contributed by atoms with Crippen LogP contribution in [0.4, 0.5) is 0 Å². The molecule has 1 aliphatic carbocycles. The standard InChI is InChI=1S/C12H24N2O2/c1-2-3-6-14-12(16)9-13-8-10-4-5-11(15)7-10/h10-11,13,15H,2-9H2,1H3,(H,14,16). The highest BCUT2D eigenvalue weighted by Gasteiger charge is 2.22. The molecular formula is C12H24N2O2. The van der Waals surface area contributed by atoms with E-state index in [0.717, 1.165) is 45.2 Å². The Hall–Kier alpha value is -0.610. The fraction of sp³-hybridized carbons (Fsp3) is 0.917. The van der Waals surface area contributed by atoms with Crippen LogP contribution in [0.2, 0.25) is 0 Å². The van der Waals surface area contributed by atoms with Crippen molar-refractivity contribution in [1.82, 2.24) is 10.6 Å². The monoisotopic (exact) mass is 228 g/mol. The highest BCUT2D eigenvalue weighted by molar-refractivity contribution is 5.77. The van der Waals surface area contributed by atoms with Crippen molar-refractivity contribution < 1.29 is 9.90 Å². The molecule has 0 spiro atoms. The van der Waals surface area contributed by atoms with E-state index in [1.165, 1.54) is 0 Å². The van der Waals surface area contributed by atoms with E-state index in [1.54, 1.807) is 0 Å². The van der Waals surface area contributed by atoms with Gasteiger partial charge in [-0.15, -0.1) is 0 Å². The summed E-state index contributed by atoms with van der Waals surface area (Å²) in [5.74, 6) is 0.616. The van der Waals surface area contributed by atoms with Crippen LogP contribution in [0, 0.1) is 5.92 Å². The molecule has 1 fully saturated rings. The molecule has 0 aromatic carbocycles. The number of carbonyl (C=O) groups excluding carboxylic acids is 1. The Morgan fingerprint density at radius 3 is 2.88 bits per heavy atom. The largest absolute Gasteiger partial charge is 0.393 e. The van der Waals surface area contributed by atoms with Crippen LogP contribution in [-0.2, 0) is 4.79 Å². The maximum absolute atomic E-state index is 11.3. The Labute approximate surface area is 97.8 Å². The van der Waals surface area contributed by atoms with Gasteiger partial charge in [0.25, 0.3) is 0 Å². The molecule has 0 aliphatic heterocycles. The summed E-state index contributed by atoms with van der Waals surface area (Å²) in [6.45, 7) is 4.13. The van der Waals surface area contributed by atoms with Gasteiger partial charge in [0.15, 0.2) is 0 Å². The number of hydrogen-bond acceptors (Lipinski definition) is 3. The first-order valence-electron chi connectivity index (χ1n) is 6.37. The summed E-state index contributed by atoms with van der Waals surface area (Å²) in [5, 5.41) is 15.4. The third-order valence-corrected chi connectivity index (χ3v) is 3.08. The van der Waals surface area contributed by atoms with Gasteiger partial charge in [-0.1, -0.05) is 13.3 Å². The van der Waals surface area contributed by atoms with E-state index >= 15 is 0 Å². The number of aliphatic hydroxyl groups excluding tert-OH is 1. The van der Waals surface area contributed by atoms with Crippen LogP contribution >= 0.6 is 0 Å². The minimum atomic E-state index is -0.120. The number of unbranched alkanes of at least 4 members (excludes halogenated alkanes) is 1. The normalized spacial score (nSPS) is 24.6. The van der Waals surface area contributed by atoms with Crippen LogP contribution in [0.25, 0.3) is 0 Å². The number of aliphatic hydroxyl groups is 1. The van der Waals surface area contributed by atoms with Crippen molar-refractivity contribution in [1.29, 1.82) is 0 Å². The van der Waals surface area contributed by atoms with Crippen LogP contribution < -0.4 is 10.6 Å². The first kappa shape index (κ1) is 13.5. The number of rotatable bonds is 7. The molecular weight excluding hydrogens is 204 g/mol. The second-order valence-corrected chi connectivity index (χ2v) is 4.67. The average molecular weight is 228 g/mol. The smallest absolute Gasteiger partial charge is 0.233 e. The number of nitrogens with one attached hydrogen (secondary N) is 2. The van der Waals surface area contributed by atoms with Gasteiger partial charge in [0.2, 0.25) is 5.91 Å². The van der Waals surface area contributed by atoms with Gasteiger partial charge in [0, 0.05) is 6.54 Å². The molecule has 0 aromatic rings. The molecule has 1 saturated carbocycles. The third-order valence-electron chi connectivity index (χ3n) is 3.08. The van der Waals surface area contributed by atoms with Crippen molar-refractivity contribution in [3.63, 3.8) is 0 Å². The van der Waals surface area contributed by atoms with E-state index in [2.05, 4.69) is 17.6 Å². The Balaban J connectivity index is 1.96. The van der Waals surface area contributed by atoms with Gasteiger partial charge in [0.05, 0.1) is 12.6 Å². The molecule has 3 N–H and O–H groups in total. The Kier molecular flexibility index (Phi) is 6.42. The molecule has 0 aromatic heterocycles. The highest BCUT2D eigenvalue weighted by Crippen LogP contribution is 2.24. The zero-order chi connectivity index (χ0) is 11.8. The van der Waals surface area contributed by atoms with Gasteiger partial charge in [-0.25, -0.2) is 0 Å². The summed E-state index contributed by atoms with van der Waals surface area (Å²) < 4.78 is 0. The van der Waals surface area contributed by atoms with Gasteiger partial charge in [0.1, 0.15) is 0 Å². The van der Waals surface area contributed by atoms with Crippen LogP contribution in [0.15, 0.2) is 0 Å². The third kappa shape index (κ3) is 5.47. The molecule has 0 heterocycles. The topological polar surface area (TPSA) is 61.4 Å². The minimum Gasteiger partial charge on any atom is -0.393 e. The Morgan fingerprint density at radius 1 is 1.44 bits per heavy atom. The van der Waals surface area contributed by atoms with Gasteiger partial charge < -0.3 is 15.7 Å². The predicted octanol–water partition coefficient (Wildman–Crippen LogP) is 0.653. The molecule has 4 nitrogen and oxygen atoms in total. The lowest BCUT2D eigenvalue weighted by molar-refractivity contribution is -0.120. The molecule has 2 unspecified atom stereocenters. The van der Waals surface area contributed by atoms with Crippen LogP contribution in [0.1, 0.15) is 39.0 Å². The van der Waals surface area contributed by atoms with Gasteiger partial charge in [-0.2, -0.15) is 0 Å². The Morgan fingerprint density at radius 2 is 2.25 bits per heavy atom. The zero-order valence-corrected chi connectivity index (χ0v) is 10.2. The molecule has 0 radical (unpaired) electrons. The van der Waals surface area contributed by atoms with E-state index in [4.69, 9.17) is 0 Å². The minimum absolute atomic E-state index is 0.0759. The van der Waals surface area contributed by atoms with E-state index < -0.39 is 0 Å². The van der Waals surface area contributed by atoms with E-state index in [-0.39, 0.29) is 12.0 Å². The lowest BCUT2D eigenvalue weighted by Gasteiger charge is -2.10. The zero-order valence-electron chi connectivity index (χ0n) is 10.2. The number of hydrogen-bond donors (Lipinski definition) is 3. The van der Waals surface area contributed by atoms with Crippen molar-refractivity contribution in [3.8, 4) is 0 Å². The fourth-order valence-electron chi connectivity index (χ4n) is 2.09. The van der Waals surface area contributed by atoms with Crippen LogP contribution in [-0.4, -0.2) is 36.8 Å². The lowest BCUT2D eigenvalue weighted by atomic mass is 10.1. The first-order valence-corrected chi connectivity index (χ1v) is 6.37. The van der Waals surface area contributed by atoms with Crippen molar-refractivity contribution in [2.24, 2.45) is 5.92 Å². The molecule has 0 bridgehead atoms. The van der Waals surface area contributed by atoms with E-state index in [0.29, 0.717) is 12.5 Å². The lowest BCUT2D eigenvalue weighted by Crippen LogP contribution is -2.36. The molecule has 4 heteroatoms. The van der Waals surface area contributed by atoms with Crippen molar-refractivity contribution in [2.75, 3.05) is 19.6 Å². The predicted molar refractivity (Wildman–Crippen MR) is 64.1 cm³/mol. The van der Waals surface area contributed by atoms with E-state index in [9.17, 15) is 9.90 Å². The molecule has 94 valence electrons. The second kappa shape index (κ2) is 7.63. The summed E-state index contributed by atoms with van der Waals surface area (Å²) in [5.41, 5.74) is 0.